The Morgan fingerprint density at radius 3 is 0.897 bits per heavy atom. The molecule has 0 spiro atoms. The normalized spacial score (nSPS) is 10.7. The van der Waals surface area contributed by atoms with E-state index in [9.17, 15) is 0 Å². The molecule has 0 fully saturated rings. The zero-order valence-electron chi connectivity index (χ0n) is 16.7. The van der Waals surface area contributed by atoms with Crippen molar-refractivity contribution < 1.29 is 0 Å². The van der Waals surface area contributed by atoms with Crippen LogP contribution in [-0.2, 0) is 0 Å². The molecule has 2 nitrogen and oxygen atoms in total. The highest BCUT2D eigenvalue weighted by Crippen LogP contribution is 2.36. The van der Waals surface area contributed by atoms with Gasteiger partial charge >= 0.3 is 0 Å². The standard InChI is InChI=1S/C26H25BN2/c27-21-26(28(22-13-5-1-6-14-22)23-15-7-2-8-16-23)29(24-17-9-3-10-18-24)25-19-11-4-12-20-25/h1-20,26H,21,27H2. The van der Waals surface area contributed by atoms with Crippen LogP contribution in [0.2, 0.25) is 6.32 Å². The van der Waals surface area contributed by atoms with Gasteiger partial charge in [0, 0.05) is 22.7 Å². The van der Waals surface area contributed by atoms with Crippen molar-refractivity contribution in [3.63, 3.8) is 0 Å². The summed E-state index contributed by atoms with van der Waals surface area (Å²) in [7, 11) is 2.25. The van der Waals surface area contributed by atoms with Gasteiger partial charge in [0.15, 0.2) is 0 Å². The van der Waals surface area contributed by atoms with Gasteiger partial charge in [-0.15, -0.1) is 0 Å². The summed E-state index contributed by atoms with van der Waals surface area (Å²) in [5, 5.41) is 0. The lowest BCUT2D eigenvalue weighted by atomic mass is 9.97. The van der Waals surface area contributed by atoms with Crippen LogP contribution in [0.5, 0.6) is 0 Å². The maximum absolute atomic E-state index is 2.43. The average Bonchev–Trinajstić information content (AvgIpc) is 2.81. The second kappa shape index (κ2) is 9.16. The van der Waals surface area contributed by atoms with Crippen LogP contribution in [0.4, 0.5) is 22.7 Å². The van der Waals surface area contributed by atoms with Gasteiger partial charge in [-0.05, 0) is 54.9 Å². The van der Waals surface area contributed by atoms with Crippen molar-refractivity contribution in [1.29, 1.82) is 0 Å². The molecule has 3 heteroatoms. The van der Waals surface area contributed by atoms with E-state index in [4.69, 9.17) is 0 Å². The van der Waals surface area contributed by atoms with Crippen LogP contribution in [0, 0.1) is 0 Å². The molecule has 0 aliphatic heterocycles. The Labute approximate surface area is 174 Å². The molecule has 0 aliphatic rings. The van der Waals surface area contributed by atoms with Gasteiger partial charge in [0.2, 0.25) is 0 Å². The first-order valence-corrected chi connectivity index (χ1v) is 10.2. The molecule has 0 bridgehead atoms. The smallest absolute Gasteiger partial charge is 0.106 e. The monoisotopic (exact) mass is 376 g/mol. The van der Waals surface area contributed by atoms with Crippen molar-refractivity contribution in [3.05, 3.63) is 121 Å². The van der Waals surface area contributed by atoms with Crippen LogP contribution in [-0.4, -0.2) is 14.0 Å². The van der Waals surface area contributed by atoms with E-state index in [1.54, 1.807) is 0 Å². The fraction of sp³-hybridized carbons (Fsp3) is 0.0769. The zero-order chi connectivity index (χ0) is 19.9. The molecule has 0 saturated heterocycles. The van der Waals surface area contributed by atoms with E-state index in [1.165, 1.54) is 22.7 Å². The molecule has 29 heavy (non-hydrogen) atoms. The lowest BCUT2D eigenvalue weighted by Crippen LogP contribution is -2.44. The second-order valence-corrected chi connectivity index (χ2v) is 6.97. The first-order chi connectivity index (χ1) is 14.4. The van der Waals surface area contributed by atoms with Gasteiger partial charge in [0.25, 0.3) is 0 Å². The molecule has 0 amide bonds. The molecule has 142 valence electrons. The molecule has 4 aromatic carbocycles. The largest absolute Gasteiger partial charge is 0.321 e. The number of hydrogen-bond donors (Lipinski definition) is 0. The Morgan fingerprint density at radius 1 is 0.448 bits per heavy atom. The Hall–Kier alpha value is -3.46. The van der Waals surface area contributed by atoms with Crippen molar-refractivity contribution in [2.75, 3.05) is 9.80 Å². The predicted molar refractivity (Wildman–Crippen MR) is 127 cm³/mol. The minimum atomic E-state index is 0.115. The lowest BCUT2D eigenvalue weighted by molar-refractivity contribution is 0.720. The first-order valence-electron chi connectivity index (χ1n) is 10.2. The maximum Gasteiger partial charge on any atom is 0.106 e. The van der Waals surface area contributed by atoms with Crippen molar-refractivity contribution in [1.82, 2.24) is 0 Å². The van der Waals surface area contributed by atoms with E-state index in [1.807, 2.05) is 0 Å². The van der Waals surface area contributed by atoms with Crippen molar-refractivity contribution >= 4 is 30.6 Å². The SMILES string of the molecule is BCC(N(c1ccccc1)c1ccccc1)N(c1ccccc1)c1ccccc1. The number of rotatable bonds is 7. The van der Waals surface area contributed by atoms with Gasteiger partial charge in [0.05, 0.1) is 0 Å². The highest BCUT2D eigenvalue weighted by atomic mass is 15.4. The summed E-state index contributed by atoms with van der Waals surface area (Å²) in [5.41, 5.74) is 4.73. The highest BCUT2D eigenvalue weighted by Gasteiger charge is 2.27. The van der Waals surface area contributed by atoms with Gasteiger partial charge in [-0.1, -0.05) is 72.8 Å². The third-order valence-electron chi connectivity index (χ3n) is 5.10. The molecular formula is C26H25BN2. The highest BCUT2D eigenvalue weighted by molar-refractivity contribution is 6.09. The predicted octanol–water partition coefficient (Wildman–Crippen LogP) is 6.04. The molecule has 0 aliphatic carbocycles. The molecule has 0 N–H and O–H groups in total. The average molecular weight is 376 g/mol. The van der Waals surface area contributed by atoms with Gasteiger partial charge in [-0.25, -0.2) is 0 Å². The van der Waals surface area contributed by atoms with E-state index in [2.05, 4.69) is 139 Å². The van der Waals surface area contributed by atoms with Gasteiger partial charge < -0.3 is 9.80 Å². The molecule has 0 saturated carbocycles. The quantitative estimate of drug-likeness (QED) is 0.287. The molecule has 4 rings (SSSR count). The Balaban J connectivity index is 1.88. The minimum absolute atomic E-state index is 0.115. The van der Waals surface area contributed by atoms with Crippen LogP contribution < -0.4 is 9.80 Å². The summed E-state index contributed by atoms with van der Waals surface area (Å²) in [6.45, 7) is 0. The molecule has 0 radical (unpaired) electrons. The van der Waals surface area contributed by atoms with E-state index in [0.29, 0.717) is 0 Å². The molecule has 0 atom stereocenters. The minimum Gasteiger partial charge on any atom is -0.321 e. The van der Waals surface area contributed by atoms with E-state index < -0.39 is 0 Å². The Bertz CT molecular complexity index is 830. The van der Waals surface area contributed by atoms with Crippen LogP contribution in [0.3, 0.4) is 0 Å². The van der Waals surface area contributed by atoms with E-state index in [0.717, 1.165) is 6.32 Å². The summed E-state index contributed by atoms with van der Waals surface area (Å²) < 4.78 is 0. The molecule has 0 aromatic heterocycles. The van der Waals surface area contributed by atoms with E-state index in [-0.39, 0.29) is 6.17 Å². The number of para-hydroxylation sites is 4. The summed E-state index contributed by atoms with van der Waals surface area (Å²) in [5.74, 6) is 0. The molecular weight excluding hydrogens is 351 g/mol. The third-order valence-corrected chi connectivity index (χ3v) is 5.10. The van der Waals surface area contributed by atoms with Crippen LogP contribution in [0.25, 0.3) is 0 Å². The lowest BCUT2D eigenvalue weighted by Gasteiger charge is -2.42. The van der Waals surface area contributed by atoms with Gasteiger partial charge in [-0.3, -0.25) is 0 Å². The summed E-state index contributed by atoms with van der Waals surface area (Å²) in [6, 6.07) is 42.6. The fourth-order valence-electron chi connectivity index (χ4n) is 3.82. The van der Waals surface area contributed by atoms with E-state index >= 15 is 0 Å². The van der Waals surface area contributed by atoms with Gasteiger partial charge in [-0.2, -0.15) is 0 Å². The summed E-state index contributed by atoms with van der Waals surface area (Å²) in [4.78, 5) is 4.86. The molecule has 4 aromatic rings. The summed E-state index contributed by atoms with van der Waals surface area (Å²) >= 11 is 0. The number of nitrogens with zero attached hydrogens (tertiary/aromatic N) is 2. The topological polar surface area (TPSA) is 6.48 Å². The van der Waals surface area contributed by atoms with Gasteiger partial charge in [0.1, 0.15) is 14.0 Å². The number of hydrogen-bond acceptors (Lipinski definition) is 2. The van der Waals surface area contributed by atoms with Crippen LogP contribution in [0.15, 0.2) is 121 Å². The second-order valence-electron chi connectivity index (χ2n) is 6.97. The molecule has 0 unspecified atom stereocenters. The fourth-order valence-corrected chi connectivity index (χ4v) is 3.82. The maximum atomic E-state index is 2.43. The van der Waals surface area contributed by atoms with Crippen LogP contribution >= 0.6 is 0 Å². The zero-order valence-corrected chi connectivity index (χ0v) is 16.7. The van der Waals surface area contributed by atoms with Crippen molar-refractivity contribution in [2.45, 2.75) is 12.5 Å². The first kappa shape index (κ1) is 18.9. The van der Waals surface area contributed by atoms with Crippen molar-refractivity contribution in [2.24, 2.45) is 0 Å². The Morgan fingerprint density at radius 2 is 0.690 bits per heavy atom. The molecule has 0 heterocycles. The Kier molecular flexibility index (Phi) is 5.96. The summed E-state index contributed by atoms with van der Waals surface area (Å²) in [6.07, 6.45) is 1.07. The number of benzene rings is 4. The van der Waals surface area contributed by atoms with Crippen molar-refractivity contribution in [3.8, 4) is 0 Å². The van der Waals surface area contributed by atoms with Crippen LogP contribution in [0.1, 0.15) is 0 Å². The number of anilines is 4. The third kappa shape index (κ3) is 4.19.